The molecule has 0 heterocycles. The van der Waals surface area contributed by atoms with Crippen LogP contribution >= 0.6 is 15.9 Å². The molecule has 0 amide bonds. The minimum absolute atomic E-state index is 0.0346. The number of methoxy groups -OCH3 is 1. The van der Waals surface area contributed by atoms with Crippen LogP contribution < -0.4 is 10.6 Å². The van der Waals surface area contributed by atoms with Crippen molar-refractivity contribution in [2.24, 2.45) is 5.73 Å². The van der Waals surface area contributed by atoms with Crippen LogP contribution in [0.25, 0.3) is 0 Å². The lowest BCUT2D eigenvalue weighted by Gasteiger charge is -2.24. The van der Waals surface area contributed by atoms with Crippen molar-refractivity contribution in [1.29, 1.82) is 0 Å². The molecule has 0 aliphatic carbocycles. The Morgan fingerprint density at radius 3 is 2.76 bits per heavy atom. The number of ether oxygens (including phenoxy) is 1. The van der Waals surface area contributed by atoms with Crippen molar-refractivity contribution in [1.82, 2.24) is 0 Å². The van der Waals surface area contributed by atoms with Crippen LogP contribution in [0.1, 0.15) is 24.9 Å². The fraction of sp³-hybridized carbons (Fsp3) is 0.538. The third-order valence-corrected chi connectivity index (χ3v) is 3.23. The van der Waals surface area contributed by atoms with E-state index in [1.54, 1.807) is 7.11 Å². The van der Waals surface area contributed by atoms with Crippen molar-refractivity contribution in [3.8, 4) is 0 Å². The van der Waals surface area contributed by atoms with E-state index in [1.807, 2.05) is 13.0 Å². The largest absolute Gasteiger partial charge is 0.385 e. The molecule has 4 heteroatoms. The molecular weight excluding hydrogens is 280 g/mol. The number of halogens is 1. The zero-order valence-corrected chi connectivity index (χ0v) is 12.3. The van der Waals surface area contributed by atoms with E-state index >= 15 is 0 Å². The fourth-order valence-corrected chi connectivity index (χ4v) is 2.18. The first kappa shape index (κ1) is 14.5. The van der Waals surface area contributed by atoms with Gasteiger partial charge in [0.05, 0.1) is 0 Å². The van der Waals surface area contributed by atoms with Crippen LogP contribution in [0.15, 0.2) is 22.7 Å². The van der Waals surface area contributed by atoms with E-state index < -0.39 is 0 Å². The second-order valence-corrected chi connectivity index (χ2v) is 5.18. The summed E-state index contributed by atoms with van der Waals surface area (Å²) in [5, 5.41) is 0. The Bertz CT molecular complexity index is 355. The quantitative estimate of drug-likeness (QED) is 0.821. The Balaban J connectivity index is 2.81. The summed E-state index contributed by atoms with van der Waals surface area (Å²) in [6.07, 6.45) is 1.02. The minimum Gasteiger partial charge on any atom is -0.385 e. The molecule has 1 atom stereocenters. The van der Waals surface area contributed by atoms with Crippen LogP contribution in [0.2, 0.25) is 0 Å². The van der Waals surface area contributed by atoms with E-state index in [2.05, 4.69) is 40.0 Å². The second kappa shape index (κ2) is 6.99. The molecule has 0 aliphatic rings. The Hall–Kier alpha value is -0.580. The number of anilines is 1. The molecule has 0 saturated heterocycles. The maximum Gasteiger partial charge on any atom is 0.0479 e. The van der Waals surface area contributed by atoms with Crippen LogP contribution in [0.5, 0.6) is 0 Å². The van der Waals surface area contributed by atoms with Gasteiger partial charge in [-0.3, -0.25) is 0 Å². The van der Waals surface area contributed by atoms with Gasteiger partial charge in [0.1, 0.15) is 0 Å². The number of benzene rings is 1. The zero-order valence-electron chi connectivity index (χ0n) is 10.7. The van der Waals surface area contributed by atoms with Crippen LogP contribution in [0.4, 0.5) is 5.69 Å². The first-order chi connectivity index (χ1) is 8.06. The van der Waals surface area contributed by atoms with Gasteiger partial charge in [0.2, 0.25) is 0 Å². The first-order valence-corrected chi connectivity index (χ1v) is 6.60. The first-order valence-electron chi connectivity index (χ1n) is 5.81. The van der Waals surface area contributed by atoms with E-state index in [1.165, 1.54) is 11.3 Å². The van der Waals surface area contributed by atoms with E-state index in [0.29, 0.717) is 0 Å². The monoisotopic (exact) mass is 300 g/mol. The van der Waals surface area contributed by atoms with E-state index in [0.717, 1.165) is 24.0 Å². The van der Waals surface area contributed by atoms with Gasteiger partial charge in [0.25, 0.3) is 0 Å². The molecule has 1 unspecified atom stereocenters. The third-order valence-electron chi connectivity index (χ3n) is 2.73. The van der Waals surface area contributed by atoms with Gasteiger partial charge < -0.3 is 15.4 Å². The molecule has 1 aromatic rings. The normalized spacial score (nSPS) is 12.5. The standard InChI is InChI=1S/C13H21BrN2O/c1-10(15)12-9-11(14)5-6-13(12)16(2)7-4-8-17-3/h5-6,9-10H,4,7-8,15H2,1-3H3. The third kappa shape index (κ3) is 4.30. The Morgan fingerprint density at radius 2 is 2.18 bits per heavy atom. The minimum atomic E-state index is 0.0346. The zero-order chi connectivity index (χ0) is 12.8. The van der Waals surface area contributed by atoms with Crippen LogP contribution in [0.3, 0.4) is 0 Å². The summed E-state index contributed by atoms with van der Waals surface area (Å²) in [7, 11) is 3.82. The molecule has 0 spiro atoms. The number of nitrogens with zero attached hydrogens (tertiary/aromatic N) is 1. The van der Waals surface area contributed by atoms with Crippen LogP contribution in [-0.4, -0.2) is 27.3 Å². The topological polar surface area (TPSA) is 38.5 Å². The summed E-state index contributed by atoms with van der Waals surface area (Å²) in [5.74, 6) is 0. The van der Waals surface area contributed by atoms with Crippen LogP contribution in [0, 0.1) is 0 Å². The van der Waals surface area contributed by atoms with Gasteiger partial charge in [0, 0.05) is 43.5 Å². The average molecular weight is 301 g/mol. The second-order valence-electron chi connectivity index (χ2n) is 4.26. The maximum absolute atomic E-state index is 6.00. The predicted molar refractivity (Wildman–Crippen MR) is 76.5 cm³/mol. The van der Waals surface area contributed by atoms with Crippen LogP contribution in [-0.2, 0) is 4.74 Å². The summed E-state index contributed by atoms with van der Waals surface area (Å²) in [5.41, 5.74) is 8.36. The number of nitrogens with two attached hydrogens (primary N) is 1. The number of hydrogen-bond donors (Lipinski definition) is 1. The summed E-state index contributed by atoms with van der Waals surface area (Å²) in [6.45, 7) is 3.76. The summed E-state index contributed by atoms with van der Waals surface area (Å²) >= 11 is 3.48. The average Bonchev–Trinajstić information content (AvgIpc) is 2.29. The van der Waals surface area contributed by atoms with Gasteiger partial charge in [0.15, 0.2) is 0 Å². The number of rotatable bonds is 6. The predicted octanol–water partition coefficient (Wildman–Crippen LogP) is 2.94. The SMILES string of the molecule is COCCCN(C)c1ccc(Br)cc1C(C)N. The molecule has 0 bridgehead atoms. The summed E-state index contributed by atoms with van der Waals surface area (Å²) < 4.78 is 6.13. The van der Waals surface area contributed by atoms with Crippen molar-refractivity contribution < 1.29 is 4.74 Å². The van der Waals surface area contributed by atoms with Gasteiger partial charge in [-0.15, -0.1) is 0 Å². The molecule has 0 aliphatic heterocycles. The maximum atomic E-state index is 6.00. The lowest BCUT2D eigenvalue weighted by Crippen LogP contribution is -2.22. The van der Waals surface area contributed by atoms with Crippen molar-refractivity contribution in [2.75, 3.05) is 32.2 Å². The molecule has 0 fully saturated rings. The molecule has 3 nitrogen and oxygen atoms in total. The molecule has 0 radical (unpaired) electrons. The molecule has 0 aromatic heterocycles. The van der Waals surface area contributed by atoms with E-state index in [-0.39, 0.29) is 6.04 Å². The van der Waals surface area contributed by atoms with Gasteiger partial charge in [-0.2, -0.15) is 0 Å². The van der Waals surface area contributed by atoms with Crippen molar-refractivity contribution >= 4 is 21.6 Å². The van der Waals surface area contributed by atoms with Gasteiger partial charge in [-0.05, 0) is 37.1 Å². The lowest BCUT2D eigenvalue weighted by atomic mass is 10.1. The molecule has 17 heavy (non-hydrogen) atoms. The highest BCUT2D eigenvalue weighted by Gasteiger charge is 2.11. The summed E-state index contributed by atoms with van der Waals surface area (Å²) in [6, 6.07) is 6.28. The highest BCUT2D eigenvalue weighted by molar-refractivity contribution is 9.10. The van der Waals surface area contributed by atoms with Crippen molar-refractivity contribution in [2.45, 2.75) is 19.4 Å². The van der Waals surface area contributed by atoms with Crippen molar-refractivity contribution in [3.05, 3.63) is 28.2 Å². The van der Waals surface area contributed by atoms with Crippen molar-refractivity contribution in [3.63, 3.8) is 0 Å². The van der Waals surface area contributed by atoms with E-state index in [4.69, 9.17) is 10.5 Å². The molecule has 96 valence electrons. The van der Waals surface area contributed by atoms with E-state index in [9.17, 15) is 0 Å². The van der Waals surface area contributed by atoms with Gasteiger partial charge in [-0.25, -0.2) is 0 Å². The molecule has 1 aromatic carbocycles. The Labute approximate surface area is 112 Å². The van der Waals surface area contributed by atoms with Gasteiger partial charge in [-0.1, -0.05) is 15.9 Å². The number of hydrogen-bond acceptors (Lipinski definition) is 3. The summed E-state index contributed by atoms with van der Waals surface area (Å²) in [4.78, 5) is 2.23. The molecular formula is C13H21BrN2O. The highest BCUT2D eigenvalue weighted by atomic mass is 79.9. The highest BCUT2D eigenvalue weighted by Crippen LogP contribution is 2.27. The molecule has 0 saturated carbocycles. The fourth-order valence-electron chi connectivity index (χ4n) is 1.80. The molecule has 1 rings (SSSR count). The lowest BCUT2D eigenvalue weighted by molar-refractivity contribution is 0.196. The molecule has 2 N–H and O–H groups in total. The van der Waals surface area contributed by atoms with Gasteiger partial charge >= 0.3 is 0 Å². The Kier molecular flexibility index (Phi) is 5.95. The Morgan fingerprint density at radius 1 is 1.47 bits per heavy atom. The smallest absolute Gasteiger partial charge is 0.0479 e.